The van der Waals surface area contributed by atoms with Crippen LogP contribution in [0, 0.1) is 11.8 Å². The molecule has 178 valence electrons. The molecule has 0 radical (unpaired) electrons. The number of nitrogens with one attached hydrogen (secondary N) is 2. The van der Waals surface area contributed by atoms with Gasteiger partial charge in [-0.3, -0.25) is 0 Å². The molecule has 0 spiro atoms. The second-order valence-electron chi connectivity index (χ2n) is 10.1. The Bertz CT molecular complexity index is 628. The summed E-state index contributed by atoms with van der Waals surface area (Å²) in [4.78, 5) is 2.32. The van der Waals surface area contributed by atoms with Crippen molar-refractivity contribution >= 4 is 0 Å². The summed E-state index contributed by atoms with van der Waals surface area (Å²) in [6.07, 6.45) is 13.9. The molecule has 0 aromatic heterocycles. The Morgan fingerprint density at radius 2 is 1.71 bits per heavy atom. The molecule has 0 saturated heterocycles. The van der Waals surface area contributed by atoms with Crippen LogP contribution in [0.3, 0.4) is 0 Å². The first-order valence-corrected chi connectivity index (χ1v) is 12.6. The van der Waals surface area contributed by atoms with Gasteiger partial charge in [-0.15, -0.1) is 0 Å². The van der Waals surface area contributed by atoms with Gasteiger partial charge >= 0.3 is 0 Å². The van der Waals surface area contributed by atoms with Gasteiger partial charge in [0, 0.05) is 29.4 Å². The van der Waals surface area contributed by atoms with E-state index in [1.807, 2.05) is 0 Å². The van der Waals surface area contributed by atoms with Crippen molar-refractivity contribution in [2.24, 2.45) is 11.8 Å². The fraction of sp³-hybridized carbons (Fsp3) is 0.714. The Balaban J connectivity index is 3.10. The molecule has 0 bridgehead atoms. The van der Waals surface area contributed by atoms with Crippen LogP contribution in [0.2, 0.25) is 0 Å². The van der Waals surface area contributed by atoms with E-state index in [0.717, 1.165) is 37.3 Å². The standard InChI is InChI=1S/C28H51N3/c1-11-14-17-22(4)24(6)31(21-16-13-3)26(8)30-28(10,23(5)18-15-12-2)25(7)29-27(9)19-20-27/h15,18,22-23,29-30H,6-8,11-14,16-17,19-21H2,1-5,9-10H3/b18-15-. The van der Waals surface area contributed by atoms with Crippen molar-refractivity contribution in [2.75, 3.05) is 6.54 Å². The van der Waals surface area contributed by atoms with E-state index in [9.17, 15) is 0 Å². The maximum Gasteiger partial charge on any atom is 0.0988 e. The van der Waals surface area contributed by atoms with E-state index in [4.69, 9.17) is 0 Å². The molecule has 0 aromatic carbocycles. The first kappa shape index (κ1) is 27.4. The van der Waals surface area contributed by atoms with E-state index in [1.54, 1.807) is 0 Å². The lowest BCUT2D eigenvalue weighted by molar-refractivity contribution is 0.270. The average molecular weight is 430 g/mol. The van der Waals surface area contributed by atoms with Gasteiger partial charge in [-0.2, -0.15) is 0 Å². The highest BCUT2D eigenvalue weighted by Crippen LogP contribution is 2.38. The SMILES string of the molecule is C=C(NC(C)(C(=C)NC1(C)CC1)C(C)/C=C\CC)N(CCCC)C(=C)C(C)CCCC. The smallest absolute Gasteiger partial charge is 0.0988 e. The van der Waals surface area contributed by atoms with Gasteiger partial charge < -0.3 is 15.5 Å². The van der Waals surface area contributed by atoms with Gasteiger partial charge in [0.2, 0.25) is 0 Å². The molecule has 0 amide bonds. The molecular formula is C28H51N3. The Morgan fingerprint density at radius 1 is 1.10 bits per heavy atom. The van der Waals surface area contributed by atoms with Crippen molar-refractivity contribution in [1.29, 1.82) is 0 Å². The van der Waals surface area contributed by atoms with E-state index < -0.39 is 0 Å². The Hall–Kier alpha value is -1.64. The van der Waals surface area contributed by atoms with Crippen LogP contribution in [0.25, 0.3) is 0 Å². The van der Waals surface area contributed by atoms with Crippen molar-refractivity contribution in [3.8, 4) is 0 Å². The number of allylic oxidation sites excluding steroid dienone is 2. The summed E-state index contributed by atoms with van der Waals surface area (Å²) < 4.78 is 0. The third-order valence-electron chi connectivity index (χ3n) is 7.02. The maximum absolute atomic E-state index is 4.49. The summed E-state index contributed by atoms with van der Waals surface area (Å²) in [5.74, 6) is 1.65. The zero-order valence-electron chi connectivity index (χ0n) is 21.7. The summed E-state index contributed by atoms with van der Waals surface area (Å²) in [5, 5.41) is 7.53. The van der Waals surface area contributed by atoms with Crippen LogP contribution in [0.5, 0.6) is 0 Å². The van der Waals surface area contributed by atoms with Crippen LogP contribution >= 0.6 is 0 Å². The molecule has 0 heterocycles. The molecule has 1 aliphatic carbocycles. The Kier molecular flexibility index (Phi) is 11.0. The third-order valence-corrected chi connectivity index (χ3v) is 7.02. The molecule has 1 fully saturated rings. The predicted octanol–water partition coefficient (Wildman–Crippen LogP) is 7.51. The average Bonchev–Trinajstić information content (AvgIpc) is 3.46. The summed E-state index contributed by atoms with van der Waals surface area (Å²) >= 11 is 0. The normalized spacial score (nSPS) is 18.7. The van der Waals surface area contributed by atoms with Gasteiger partial charge in [0.1, 0.15) is 0 Å². The minimum Gasteiger partial charge on any atom is -0.382 e. The molecule has 1 saturated carbocycles. The van der Waals surface area contributed by atoms with Crippen molar-refractivity contribution in [3.05, 3.63) is 49.1 Å². The molecule has 3 unspecified atom stereocenters. The van der Waals surface area contributed by atoms with Crippen molar-refractivity contribution in [2.45, 2.75) is 111 Å². The van der Waals surface area contributed by atoms with Gasteiger partial charge in [0.25, 0.3) is 0 Å². The van der Waals surface area contributed by atoms with E-state index in [2.05, 4.69) is 95.9 Å². The van der Waals surface area contributed by atoms with Crippen LogP contribution < -0.4 is 10.6 Å². The molecule has 0 aromatic rings. The van der Waals surface area contributed by atoms with Crippen LogP contribution in [0.15, 0.2) is 49.1 Å². The minimum absolute atomic E-state index is 0.190. The van der Waals surface area contributed by atoms with Crippen molar-refractivity contribution in [3.63, 3.8) is 0 Å². The largest absolute Gasteiger partial charge is 0.382 e. The molecule has 3 atom stereocenters. The topological polar surface area (TPSA) is 27.3 Å². The number of rotatable bonds is 17. The molecular weight excluding hydrogens is 378 g/mol. The first-order valence-electron chi connectivity index (χ1n) is 12.6. The van der Waals surface area contributed by atoms with Crippen molar-refractivity contribution in [1.82, 2.24) is 15.5 Å². The number of nitrogens with zero attached hydrogens (tertiary/aromatic N) is 1. The second-order valence-corrected chi connectivity index (χ2v) is 10.1. The van der Waals surface area contributed by atoms with Crippen LogP contribution in [-0.4, -0.2) is 22.5 Å². The lowest BCUT2D eigenvalue weighted by Crippen LogP contribution is -2.55. The molecule has 31 heavy (non-hydrogen) atoms. The monoisotopic (exact) mass is 429 g/mol. The van der Waals surface area contributed by atoms with Gasteiger partial charge in [0.05, 0.1) is 11.4 Å². The summed E-state index contributed by atoms with van der Waals surface area (Å²) in [6, 6.07) is 0. The number of unbranched alkanes of at least 4 members (excludes halogenated alkanes) is 2. The number of hydrogen-bond donors (Lipinski definition) is 2. The predicted molar refractivity (Wildman–Crippen MR) is 139 cm³/mol. The van der Waals surface area contributed by atoms with Crippen molar-refractivity contribution < 1.29 is 0 Å². The lowest BCUT2D eigenvalue weighted by atomic mass is 9.83. The van der Waals surface area contributed by atoms with Crippen LogP contribution in [0.1, 0.15) is 99.8 Å². The van der Waals surface area contributed by atoms with E-state index in [-0.39, 0.29) is 17.0 Å². The van der Waals surface area contributed by atoms with Gasteiger partial charge in [-0.25, -0.2) is 0 Å². The second kappa shape index (κ2) is 12.4. The van der Waals surface area contributed by atoms with E-state index in [1.165, 1.54) is 37.8 Å². The minimum atomic E-state index is -0.342. The maximum atomic E-state index is 4.49. The summed E-state index contributed by atoms with van der Waals surface area (Å²) in [6.45, 7) is 30.2. The Labute approximate surface area is 194 Å². The molecule has 1 aliphatic rings. The third kappa shape index (κ3) is 8.09. The first-order chi connectivity index (χ1) is 14.5. The molecule has 1 rings (SSSR count). The van der Waals surface area contributed by atoms with Gasteiger partial charge in [-0.1, -0.05) is 85.8 Å². The summed E-state index contributed by atoms with van der Waals surface area (Å²) in [5.41, 5.74) is 2.06. The van der Waals surface area contributed by atoms with E-state index in [0.29, 0.717) is 5.92 Å². The quantitative estimate of drug-likeness (QED) is 0.234. The lowest BCUT2D eigenvalue weighted by Gasteiger charge is -2.43. The highest BCUT2D eigenvalue weighted by atomic mass is 15.3. The summed E-state index contributed by atoms with van der Waals surface area (Å²) in [7, 11) is 0. The molecule has 3 heteroatoms. The van der Waals surface area contributed by atoms with E-state index >= 15 is 0 Å². The fourth-order valence-electron chi connectivity index (χ4n) is 3.88. The zero-order chi connectivity index (χ0) is 23.7. The Morgan fingerprint density at radius 3 is 2.23 bits per heavy atom. The molecule has 0 aliphatic heterocycles. The highest BCUT2D eigenvalue weighted by Gasteiger charge is 2.42. The fourth-order valence-corrected chi connectivity index (χ4v) is 3.88. The van der Waals surface area contributed by atoms with Crippen LogP contribution in [0.4, 0.5) is 0 Å². The molecule has 2 N–H and O–H groups in total. The molecule has 3 nitrogen and oxygen atoms in total. The highest BCUT2D eigenvalue weighted by molar-refractivity contribution is 5.26. The number of hydrogen-bond acceptors (Lipinski definition) is 3. The van der Waals surface area contributed by atoms with Gasteiger partial charge in [-0.05, 0) is 51.9 Å². The van der Waals surface area contributed by atoms with Crippen LogP contribution in [-0.2, 0) is 0 Å². The van der Waals surface area contributed by atoms with Gasteiger partial charge in [0.15, 0.2) is 0 Å². The zero-order valence-corrected chi connectivity index (χ0v) is 21.7.